The summed E-state index contributed by atoms with van der Waals surface area (Å²) in [7, 11) is 0. The Balaban J connectivity index is 2.37. The zero-order valence-corrected chi connectivity index (χ0v) is 8.00. The molecule has 3 N–H and O–H groups in total. The van der Waals surface area contributed by atoms with Gasteiger partial charge in [0.1, 0.15) is 0 Å². The molecule has 0 spiro atoms. The second-order valence-corrected chi connectivity index (χ2v) is 4.23. The van der Waals surface area contributed by atoms with Gasteiger partial charge in [0.05, 0.1) is 18.8 Å². The quantitative estimate of drug-likeness (QED) is 0.526. The minimum absolute atomic E-state index is 0.0579. The van der Waals surface area contributed by atoms with E-state index in [4.69, 9.17) is 0 Å². The van der Waals surface area contributed by atoms with Crippen LogP contribution in [0.5, 0.6) is 0 Å². The first-order valence-corrected chi connectivity index (χ1v) is 5.01. The predicted molar refractivity (Wildman–Crippen MR) is 52.5 cm³/mol. The summed E-state index contributed by atoms with van der Waals surface area (Å²) in [6.07, 6.45) is 7.37. The molecule has 78 valence electrons. The average Bonchev–Trinajstić information content (AvgIpc) is 2.24. The maximum atomic E-state index is 9.88. The fraction of sp³-hybridized carbons (Fsp3) is 0.636. The molecule has 0 aromatic heterocycles. The van der Waals surface area contributed by atoms with E-state index in [0.717, 1.165) is 6.42 Å². The Bertz CT molecular complexity index is 272. The fourth-order valence-corrected chi connectivity index (χ4v) is 2.57. The summed E-state index contributed by atoms with van der Waals surface area (Å²) in [6, 6.07) is 0. The lowest BCUT2D eigenvalue weighted by Crippen LogP contribution is -2.51. The molecule has 2 rings (SSSR count). The topological polar surface area (TPSA) is 60.7 Å². The molecule has 0 bridgehead atoms. The number of hydrogen-bond donors (Lipinski definition) is 3. The Labute approximate surface area is 83.4 Å². The molecule has 0 heterocycles. The average molecular weight is 196 g/mol. The van der Waals surface area contributed by atoms with Gasteiger partial charge < -0.3 is 15.3 Å². The Hall–Kier alpha value is -0.640. The highest BCUT2D eigenvalue weighted by Crippen LogP contribution is 2.45. The highest BCUT2D eigenvalue weighted by Gasteiger charge is 2.48. The van der Waals surface area contributed by atoms with Crippen molar-refractivity contribution in [1.82, 2.24) is 0 Å². The largest absolute Gasteiger partial charge is 0.396 e. The van der Waals surface area contributed by atoms with Gasteiger partial charge in [-0.2, -0.15) is 0 Å². The van der Waals surface area contributed by atoms with E-state index in [0.29, 0.717) is 6.42 Å². The lowest BCUT2D eigenvalue weighted by atomic mass is 9.61. The smallest absolute Gasteiger partial charge is 0.0806 e. The number of aliphatic hydroxyl groups excluding tert-OH is 3. The molecule has 2 aliphatic rings. The van der Waals surface area contributed by atoms with Crippen LogP contribution in [-0.2, 0) is 0 Å². The Morgan fingerprint density at radius 3 is 2.64 bits per heavy atom. The maximum absolute atomic E-state index is 9.88. The van der Waals surface area contributed by atoms with Gasteiger partial charge in [-0.3, -0.25) is 0 Å². The van der Waals surface area contributed by atoms with E-state index in [9.17, 15) is 15.3 Å². The van der Waals surface area contributed by atoms with Gasteiger partial charge in [0.25, 0.3) is 0 Å². The molecule has 3 nitrogen and oxygen atoms in total. The standard InChI is InChI=1S/C11H16O3/c12-7-11-6-2-1-3-8(11)9(13)4-5-10(11)14/h1-2,4-5,8-10,12-14H,3,6-7H2/t8-,9-,10+,11-/m1/s1. The van der Waals surface area contributed by atoms with Crippen molar-refractivity contribution in [3.05, 3.63) is 24.3 Å². The third-order valence-electron chi connectivity index (χ3n) is 3.58. The normalized spacial score (nSPS) is 46.4. The molecule has 0 saturated carbocycles. The van der Waals surface area contributed by atoms with E-state index in [1.54, 1.807) is 12.2 Å². The molecule has 2 aliphatic carbocycles. The molecule has 3 heteroatoms. The Kier molecular flexibility index (Phi) is 2.47. The summed E-state index contributed by atoms with van der Waals surface area (Å²) >= 11 is 0. The van der Waals surface area contributed by atoms with E-state index >= 15 is 0 Å². The van der Waals surface area contributed by atoms with E-state index in [1.807, 2.05) is 12.2 Å². The zero-order chi connectivity index (χ0) is 10.2. The summed E-state index contributed by atoms with van der Waals surface area (Å²) < 4.78 is 0. The second-order valence-electron chi connectivity index (χ2n) is 4.23. The van der Waals surface area contributed by atoms with Crippen molar-refractivity contribution >= 4 is 0 Å². The first kappa shape index (κ1) is 9.90. The molecule has 4 atom stereocenters. The van der Waals surface area contributed by atoms with Crippen LogP contribution >= 0.6 is 0 Å². The van der Waals surface area contributed by atoms with Crippen molar-refractivity contribution in [3.63, 3.8) is 0 Å². The molecule has 0 amide bonds. The number of aliphatic hydroxyl groups is 3. The molecular formula is C11H16O3. The zero-order valence-electron chi connectivity index (χ0n) is 8.00. The molecule has 0 aromatic carbocycles. The van der Waals surface area contributed by atoms with Crippen LogP contribution in [0.4, 0.5) is 0 Å². The maximum Gasteiger partial charge on any atom is 0.0806 e. The van der Waals surface area contributed by atoms with Gasteiger partial charge in [0.2, 0.25) is 0 Å². The van der Waals surface area contributed by atoms with Gasteiger partial charge in [-0.05, 0) is 12.8 Å². The number of rotatable bonds is 1. The van der Waals surface area contributed by atoms with E-state index in [1.165, 1.54) is 0 Å². The van der Waals surface area contributed by atoms with Crippen LogP contribution in [0.3, 0.4) is 0 Å². The minimum atomic E-state index is -0.647. The molecule has 0 saturated heterocycles. The van der Waals surface area contributed by atoms with Crippen LogP contribution in [0.1, 0.15) is 12.8 Å². The predicted octanol–water partition coefficient (Wildman–Crippen LogP) is 0.223. The van der Waals surface area contributed by atoms with Crippen LogP contribution < -0.4 is 0 Å². The van der Waals surface area contributed by atoms with Gasteiger partial charge in [0.15, 0.2) is 0 Å². The van der Waals surface area contributed by atoms with E-state index in [-0.39, 0.29) is 12.5 Å². The first-order chi connectivity index (χ1) is 6.70. The van der Waals surface area contributed by atoms with Gasteiger partial charge in [-0.25, -0.2) is 0 Å². The van der Waals surface area contributed by atoms with E-state index < -0.39 is 17.6 Å². The monoisotopic (exact) mass is 196 g/mol. The lowest BCUT2D eigenvalue weighted by molar-refractivity contribution is -0.0787. The van der Waals surface area contributed by atoms with E-state index in [2.05, 4.69) is 0 Å². The van der Waals surface area contributed by atoms with Crippen LogP contribution in [0, 0.1) is 11.3 Å². The lowest BCUT2D eigenvalue weighted by Gasteiger charge is -2.47. The Morgan fingerprint density at radius 2 is 2.00 bits per heavy atom. The van der Waals surface area contributed by atoms with Crippen LogP contribution in [0.2, 0.25) is 0 Å². The van der Waals surface area contributed by atoms with Gasteiger partial charge in [-0.15, -0.1) is 0 Å². The highest BCUT2D eigenvalue weighted by molar-refractivity contribution is 5.18. The second kappa shape index (κ2) is 3.50. The van der Waals surface area contributed by atoms with Crippen molar-refractivity contribution in [3.8, 4) is 0 Å². The van der Waals surface area contributed by atoms with Gasteiger partial charge >= 0.3 is 0 Å². The number of hydrogen-bond acceptors (Lipinski definition) is 3. The number of allylic oxidation sites excluding steroid dienone is 2. The van der Waals surface area contributed by atoms with Crippen molar-refractivity contribution in [2.75, 3.05) is 6.61 Å². The van der Waals surface area contributed by atoms with Gasteiger partial charge in [-0.1, -0.05) is 24.3 Å². The molecule has 0 aliphatic heterocycles. The summed E-state index contributed by atoms with van der Waals surface area (Å²) in [4.78, 5) is 0. The van der Waals surface area contributed by atoms with Crippen molar-refractivity contribution in [2.45, 2.75) is 25.0 Å². The first-order valence-electron chi connectivity index (χ1n) is 5.01. The van der Waals surface area contributed by atoms with Gasteiger partial charge in [0, 0.05) is 11.3 Å². The fourth-order valence-electron chi connectivity index (χ4n) is 2.57. The highest BCUT2D eigenvalue weighted by atomic mass is 16.3. The van der Waals surface area contributed by atoms with Crippen LogP contribution in [0.15, 0.2) is 24.3 Å². The van der Waals surface area contributed by atoms with Crippen molar-refractivity contribution < 1.29 is 15.3 Å². The third kappa shape index (κ3) is 1.24. The molecule has 0 fully saturated rings. The van der Waals surface area contributed by atoms with Crippen LogP contribution in [0.25, 0.3) is 0 Å². The summed E-state index contributed by atoms with van der Waals surface area (Å²) in [5.74, 6) is -0.0579. The number of fused-ring (bicyclic) bond motifs is 1. The molecule has 0 radical (unpaired) electrons. The summed E-state index contributed by atoms with van der Waals surface area (Å²) in [5.41, 5.74) is -0.567. The van der Waals surface area contributed by atoms with Crippen molar-refractivity contribution in [2.24, 2.45) is 11.3 Å². The summed E-state index contributed by atoms with van der Waals surface area (Å²) in [5, 5.41) is 29.1. The molecule has 0 aromatic rings. The Morgan fingerprint density at radius 1 is 1.21 bits per heavy atom. The van der Waals surface area contributed by atoms with Crippen LogP contribution in [-0.4, -0.2) is 34.1 Å². The molecule has 0 unspecified atom stereocenters. The molecular weight excluding hydrogens is 180 g/mol. The summed E-state index contributed by atoms with van der Waals surface area (Å²) in [6.45, 7) is -0.0788. The SMILES string of the molecule is OC[C@]12CC=CC[C@@H]1[C@H](O)C=C[C@@H]2O. The third-order valence-corrected chi connectivity index (χ3v) is 3.58. The molecule has 14 heavy (non-hydrogen) atoms. The minimum Gasteiger partial charge on any atom is -0.396 e. The van der Waals surface area contributed by atoms with Crippen molar-refractivity contribution in [1.29, 1.82) is 0 Å².